The maximum absolute atomic E-state index is 14.4. The number of esters is 1. The highest BCUT2D eigenvalue weighted by molar-refractivity contribution is 6.03. The summed E-state index contributed by atoms with van der Waals surface area (Å²) >= 11 is 0. The van der Waals surface area contributed by atoms with Crippen LogP contribution in [0.25, 0.3) is 22.8 Å². The van der Waals surface area contributed by atoms with Gasteiger partial charge in [-0.3, -0.25) is 14.4 Å². The number of carbonyl (C=O) groups excluding carboxylic acids is 4. The predicted molar refractivity (Wildman–Crippen MR) is 236 cm³/mol. The van der Waals surface area contributed by atoms with E-state index >= 15 is 0 Å². The van der Waals surface area contributed by atoms with Crippen LogP contribution in [-0.2, 0) is 38.6 Å². The summed E-state index contributed by atoms with van der Waals surface area (Å²) in [7, 11) is 2.82. The lowest BCUT2D eigenvalue weighted by atomic mass is 10.1. The van der Waals surface area contributed by atoms with E-state index in [4.69, 9.17) is 14.2 Å². The number of fused-ring (bicyclic) bond motifs is 2. The Hall–Kier alpha value is -8.00. The highest BCUT2D eigenvalue weighted by atomic mass is 19.1. The number of amides is 3. The molecule has 1 unspecified atom stereocenters. The van der Waals surface area contributed by atoms with Crippen LogP contribution in [0.15, 0.2) is 84.9 Å². The molecule has 0 bridgehead atoms. The highest BCUT2D eigenvalue weighted by Gasteiger charge is 2.34. The van der Waals surface area contributed by atoms with E-state index < -0.39 is 41.2 Å². The van der Waals surface area contributed by atoms with Crippen LogP contribution in [0.4, 0.5) is 40.6 Å². The Morgan fingerprint density at radius 1 is 0.687 bits per heavy atom. The van der Waals surface area contributed by atoms with Crippen molar-refractivity contribution in [2.75, 3.05) is 44.6 Å². The van der Waals surface area contributed by atoms with Crippen LogP contribution in [0.5, 0.6) is 5.75 Å². The molecule has 6 aromatic rings. The molecular weight excluding hydrogens is 879 g/mol. The molecule has 1 atom stereocenters. The van der Waals surface area contributed by atoms with Gasteiger partial charge in [-0.2, -0.15) is 0 Å². The van der Waals surface area contributed by atoms with Crippen molar-refractivity contribution in [2.24, 2.45) is 0 Å². The monoisotopic (exact) mass is 921 g/mol. The van der Waals surface area contributed by atoms with Crippen LogP contribution >= 0.6 is 0 Å². The summed E-state index contributed by atoms with van der Waals surface area (Å²) in [6, 6.07) is 20.0. The normalized spacial score (nSPS) is 14.5. The number of morpholine rings is 1. The first kappa shape index (κ1) is 47.0. The SMILES string of the molecule is CC.COC(=O)C1COCCN1C(=O)Cc1ccc(Nc2nc(-c3c(F)cccc3F)nc3c2C(=O)NC3)cc1.COc1ccc(Nc2nc(-c3c(F)cccc3F)nc3c2C(=O)NC3)cc1. The molecule has 3 aliphatic heterocycles. The first-order valence-corrected chi connectivity index (χ1v) is 20.9. The molecule has 0 spiro atoms. The van der Waals surface area contributed by atoms with Gasteiger partial charge >= 0.3 is 5.97 Å². The van der Waals surface area contributed by atoms with Crippen LogP contribution in [0.2, 0.25) is 0 Å². The van der Waals surface area contributed by atoms with Crippen molar-refractivity contribution in [3.8, 4) is 28.5 Å². The zero-order chi connectivity index (χ0) is 47.8. The zero-order valence-electron chi connectivity index (χ0n) is 36.5. The lowest BCUT2D eigenvalue weighted by Crippen LogP contribution is -2.53. The number of methoxy groups -OCH3 is 2. The number of nitrogens with one attached hydrogen (secondary N) is 4. The van der Waals surface area contributed by atoms with Crippen LogP contribution in [0.1, 0.15) is 51.5 Å². The van der Waals surface area contributed by atoms with Crippen LogP contribution in [0.3, 0.4) is 0 Å². The average Bonchev–Trinajstić information content (AvgIpc) is 3.91. The third-order valence-corrected chi connectivity index (χ3v) is 10.5. The molecule has 346 valence electrons. The second-order valence-electron chi connectivity index (χ2n) is 14.5. The van der Waals surface area contributed by atoms with Gasteiger partial charge < -0.3 is 40.4 Å². The topological polar surface area (TPSA) is 199 Å². The second-order valence-corrected chi connectivity index (χ2v) is 14.5. The number of hydrogen-bond donors (Lipinski definition) is 4. The van der Waals surface area contributed by atoms with Crippen LogP contribution in [0, 0.1) is 23.3 Å². The molecular formula is C47H43F4N9O7. The Morgan fingerprint density at radius 3 is 1.60 bits per heavy atom. The van der Waals surface area contributed by atoms with Crippen molar-refractivity contribution in [3.63, 3.8) is 0 Å². The van der Waals surface area contributed by atoms with Gasteiger partial charge in [-0.1, -0.05) is 38.1 Å². The predicted octanol–water partition coefficient (Wildman–Crippen LogP) is 6.80. The van der Waals surface area contributed by atoms with Gasteiger partial charge in [0.1, 0.15) is 51.8 Å². The molecule has 0 saturated carbocycles. The quantitative estimate of drug-likeness (QED) is 0.0828. The first-order valence-electron chi connectivity index (χ1n) is 20.9. The van der Waals surface area contributed by atoms with Gasteiger partial charge in [-0.25, -0.2) is 42.3 Å². The minimum absolute atomic E-state index is 0.0514. The van der Waals surface area contributed by atoms with E-state index in [1.54, 1.807) is 55.6 Å². The molecule has 4 aromatic carbocycles. The number of hydrogen-bond acceptors (Lipinski definition) is 13. The van der Waals surface area contributed by atoms with Crippen molar-refractivity contribution in [3.05, 3.63) is 136 Å². The fraction of sp³-hybridized carbons (Fsp3) is 0.234. The number of carbonyl (C=O) groups is 4. The van der Waals surface area contributed by atoms with E-state index in [0.29, 0.717) is 40.7 Å². The standard InChI is InChI=1S/C26H23F2N5O5.C19H14F2N4O2.C2H6/c1-37-26(36)19-13-38-10-9-33(19)20(34)11-14-5-7-15(8-6-14)30-24-22-18(12-29-25(22)35)31-23(32-24)21-16(27)3-2-4-17(21)28;1-27-11-7-5-10(6-8-11)23-18-16-14(9-22-19(16)26)24-17(25-18)15-12(20)3-2-4-13(15)21;1-2/h2-8,19H,9-13H2,1H3,(H,29,35)(H,30,31,32);2-8H,9H2,1H3,(H,22,26)(H,23,24,25);1-2H3. The average molecular weight is 922 g/mol. The van der Waals surface area contributed by atoms with Crippen molar-refractivity contribution >= 4 is 46.7 Å². The zero-order valence-corrected chi connectivity index (χ0v) is 36.5. The maximum Gasteiger partial charge on any atom is 0.331 e. The van der Waals surface area contributed by atoms with E-state index in [2.05, 4.69) is 41.2 Å². The number of benzene rings is 4. The molecule has 3 amide bonds. The number of rotatable bonds is 10. The largest absolute Gasteiger partial charge is 0.497 e. The number of anilines is 4. The molecule has 16 nitrogen and oxygen atoms in total. The number of halogens is 4. The van der Waals surface area contributed by atoms with Gasteiger partial charge in [0, 0.05) is 17.9 Å². The van der Waals surface area contributed by atoms with Gasteiger partial charge in [0.05, 0.1) is 69.5 Å². The van der Waals surface area contributed by atoms with Crippen LogP contribution < -0.4 is 26.0 Å². The lowest BCUT2D eigenvalue weighted by Gasteiger charge is -2.33. The third kappa shape index (κ3) is 10.3. The Balaban J connectivity index is 0.000000202. The van der Waals surface area contributed by atoms with Crippen molar-refractivity contribution in [2.45, 2.75) is 39.4 Å². The summed E-state index contributed by atoms with van der Waals surface area (Å²) in [5, 5.41) is 11.3. The fourth-order valence-corrected chi connectivity index (χ4v) is 7.24. The Kier molecular flexibility index (Phi) is 14.6. The molecule has 0 radical (unpaired) electrons. The third-order valence-electron chi connectivity index (χ3n) is 10.5. The van der Waals surface area contributed by atoms with Crippen molar-refractivity contribution in [1.82, 2.24) is 35.5 Å². The molecule has 67 heavy (non-hydrogen) atoms. The Labute approximate surface area is 381 Å². The summed E-state index contributed by atoms with van der Waals surface area (Å²) in [6.45, 7) is 4.96. The van der Waals surface area contributed by atoms with E-state index in [0.717, 1.165) is 24.3 Å². The number of aromatic nitrogens is 4. The molecule has 20 heteroatoms. The number of nitrogens with zero attached hydrogens (tertiary/aromatic N) is 5. The van der Waals surface area contributed by atoms with E-state index in [1.165, 1.54) is 24.1 Å². The van der Waals surface area contributed by atoms with Crippen molar-refractivity contribution < 1.29 is 51.0 Å². The molecule has 0 aliphatic carbocycles. The highest BCUT2D eigenvalue weighted by Crippen LogP contribution is 2.33. The van der Waals surface area contributed by atoms with E-state index in [1.807, 2.05) is 13.8 Å². The summed E-state index contributed by atoms with van der Waals surface area (Å²) in [5.41, 5.74) is 2.27. The number of ether oxygens (including phenoxy) is 3. The molecule has 9 rings (SSSR count). The summed E-state index contributed by atoms with van der Waals surface area (Å²) in [4.78, 5) is 67.8. The van der Waals surface area contributed by atoms with Crippen molar-refractivity contribution in [1.29, 1.82) is 0 Å². The fourth-order valence-electron chi connectivity index (χ4n) is 7.24. The Morgan fingerprint density at radius 2 is 1.15 bits per heavy atom. The molecule has 4 N–H and O–H groups in total. The smallest absolute Gasteiger partial charge is 0.331 e. The second kappa shape index (κ2) is 20.9. The lowest BCUT2D eigenvalue weighted by molar-refractivity contribution is -0.160. The minimum Gasteiger partial charge on any atom is -0.497 e. The van der Waals surface area contributed by atoms with Crippen LogP contribution in [-0.4, -0.2) is 88.5 Å². The van der Waals surface area contributed by atoms with Gasteiger partial charge in [0.15, 0.2) is 17.7 Å². The van der Waals surface area contributed by atoms with E-state index in [9.17, 15) is 36.7 Å². The first-order chi connectivity index (χ1) is 32.4. The van der Waals surface area contributed by atoms with E-state index in [-0.39, 0.29) is 90.0 Å². The van der Waals surface area contributed by atoms with Gasteiger partial charge in [-0.05, 0) is 66.2 Å². The molecule has 5 heterocycles. The minimum atomic E-state index is -0.822. The summed E-state index contributed by atoms with van der Waals surface area (Å²) < 4.78 is 72.4. The summed E-state index contributed by atoms with van der Waals surface area (Å²) in [5.74, 6) is -4.10. The van der Waals surface area contributed by atoms with Gasteiger partial charge in [0.25, 0.3) is 11.8 Å². The van der Waals surface area contributed by atoms with Gasteiger partial charge in [-0.15, -0.1) is 0 Å². The maximum atomic E-state index is 14.4. The molecule has 2 aromatic heterocycles. The van der Waals surface area contributed by atoms with Gasteiger partial charge in [0.2, 0.25) is 5.91 Å². The molecule has 1 fully saturated rings. The molecule has 1 saturated heterocycles. The Bertz CT molecular complexity index is 2790. The molecule has 3 aliphatic rings. The summed E-state index contributed by atoms with van der Waals surface area (Å²) in [6.07, 6.45) is 0.0514.